The molecule has 0 aromatic rings. The minimum atomic E-state index is -4.97. The van der Waals surface area contributed by atoms with Gasteiger partial charge < -0.3 is 33.8 Å². The highest BCUT2D eigenvalue weighted by atomic mass is 31.2. The number of phosphoric ester groups is 2. The van der Waals surface area contributed by atoms with Gasteiger partial charge in [0.25, 0.3) is 0 Å². The zero-order chi connectivity index (χ0) is 79.7. The van der Waals surface area contributed by atoms with Crippen molar-refractivity contribution in [3.63, 3.8) is 0 Å². The Morgan fingerprint density at radius 2 is 0.422 bits per heavy atom. The number of aliphatic hydroxyl groups excluding tert-OH is 1. The van der Waals surface area contributed by atoms with Gasteiger partial charge in [0.05, 0.1) is 26.4 Å². The van der Waals surface area contributed by atoms with Gasteiger partial charge in [0.2, 0.25) is 0 Å². The Morgan fingerprint density at radius 1 is 0.248 bits per heavy atom. The summed E-state index contributed by atoms with van der Waals surface area (Å²) in [5, 5.41) is 10.7. The van der Waals surface area contributed by atoms with Crippen molar-refractivity contribution >= 4 is 39.5 Å². The smallest absolute Gasteiger partial charge is 0.462 e. The molecule has 5 atom stereocenters. The van der Waals surface area contributed by atoms with Crippen LogP contribution in [0.5, 0.6) is 0 Å². The van der Waals surface area contributed by atoms with E-state index in [9.17, 15) is 43.2 Å². The van der Waals surface area contributed by atoms with Crippen LogP contribution in [0.3, 0.4) is 0 Å². The maximum absolute atomic E-state index is 13.2. The van der Waals surface area contributed by atoms with Gasteiger partial charge in [-0.25, -0.2) is 9.13 Å². The highest BCUT2D eigenvalue weighted by Gasteiger charge is 2.31. The highest BCUT2D eigenvalue weighted by Crippen LogP contribution is 2.45. The molecule has 3 N–H and O–H groups in total. The molecule has 0 rings (SSSR count). The Hall–Kier alpha value is -1.94. The number of hydrogen-bond acceptors (Lipinski definition) is 15. The minimum absolute atomic E-state index is 0.109. The van der Waals surface area contributed by atoms with Crippen LogP contribution in [-0.2, 0) is 65.4 Å². The molecule has 0 amide bonds. The topological polar surface area (TPSA) is 237 Å². The second-order valence-corrected chi connectivity index (χ2v) is 35.7. The summed E-state index contributed by atoms with van der Waals surface area (Å²) in [6.07, 6.45) is 77.8. The van der Waals surface area contributed by atoms with Crippen LogP contribution in [0.4, 0.5) is 0 Å². The summed E-state index contributed by atoms with van der Waals surface area (Å²) in [7, 11) is -9.93. The molecule has 0 saturated heterocycles. The Kier molecular flexibility index (Phi) is 81.1. The molecule has 19 heteroatoms. The second-order valence-electron chi connectivity index (χ2n) is 32.8. The lowest BCUT2D eigenvalue weighted by atomic mass is 10.0. The van der Waals surface area contributed by atoms with E-state index in [0.29, 0.717) is 25.7 Å². The van der Waals surface area contributed by atoms with Crippen LogP contribution in [0.1, 0.15) is 490 Å². The molecule has 109 heavy (non-hydrogen) atoms. The molecule has 0 spiro atoms. The molecule has 0 aromatic carbocycles. The molecule has 0 fully saturated rings. The minimum Gasteiger partial charge on any atom is -0.462 e. The molecule has 0 aliphatic rings. The highest BCUT2D eigenvalue weighted by molar-refractivity contribution is 7.47. The fourth-order valence-electron chi connectivity index (χ4n) is 14.2. The van der Waals surface area contributed by atoms with Crippen molar-refractivity contribution in [2.75, 3.05) is 39.6 Å². The Morgan fingerprint density at radius 3 is 0.624 bits per heavy atom. The lowest BCUT2D eigenvalue weighted by Crippen LogP contribution is -2.30. The van der Waals surface area contributed by atoms with Gasteiger partial charge in [-0.1, -0.05) is 439 Å². The molecule has 648 valence electrons. The van der Waals surface area contributed by atoms with Crippen molar-refractivity contribution in [3.8, 4) is 0 Å². The average molecular weight is 1590 g/mol. The molecule has 2 unspecified atom stereocenters. The number of phosphoric acid groups is 2. The van der Waals surface area contributed by atoms with E-state index in [1.165, 1.54) is 315 Å². The maximum Gasteiger partial charge on any atom is 0.472 e. The van der Waals surface area contributed by atoms with Crippen molar-refractivity contribution in [1.29, 1.82) is 0 Å². The molecule has 0 heterocycles. The van der Waals surface area contributed by atoms with Crippen LogP contribution in [-0.4, -0.2) is 96.7 Å². The molecule has 0 aromatic heterocycles. The van der Waals surface area contributed by atoms with Gasteiger partial charge in [0.1, 0.15) is 19.3 Å². The molecule has 0 aliphatic heterocycles. The monoisotopic (exact) mass is 1590 g/mol. The first-order valence-electron chi connectivity index (χ1n) is 46.6. The summed E-state index contributed by atoms with van der Waals surface area (Å²) in [6, 6.07) is 0. The fraction of sp³-hybridized carbons (Fsp3) is 0.956. The molecule has 17 nitrogen and oxygen atoms in total. The Labute approximate surface area is 670 Å². The van der Waals surface area contributed by atoms with Gasteiger partial charge in [-0.2, -0.15) is 0 Å². The van der Waals surface area contributed by atoms with Crippen LogP contribution in [0.2, 0.25) is 0 Å². The fourth-order valence-corrected chi connectivity index (χ4v) is 15.8. The van der Waals surface area contributed by atoms with Gasteiger partial charge in [0.15, 0.2) is 12.2 Å². The number of carbonyl (C=O) groups excluding carboxylic acids is 4. The summed E-state index contributed by atoms with van der Waals surface area (Å²) >= 11 is 0. The Bertz CT molecular complexity index is 2070. The third-order valence-electron chi connectivity index (χ3n) is 21.3. The van der Waals surface area contributed by atoms with Crippen molar-refractivity contribution in [2.24, 2.45) is 5.92 Å². The molecule has 0 aliphatic carbocycles. The predicted octanol–water partition coefficient (Wildman–Crippen LogP) is 27.9. The van der Waals surface area contributed by atoms with Crippen molar-refractivity contribution in [3.05, 3.63) is 0 Å². The maximum atomic E-state index is 13.2. The first-order valence-corrected chi connectivity index (χ1v) is 49.6. The summed E-state index contributed by atoms with van der Waals surface area (Å²) in [5.74, 6) is -1.27. The van der Waals surface area contributed by atoms with E-state index in [1.54, 1.807) is 0 Å². The SMILES string of the molecule is CCCCCCCCCCCCCCCCCCCCCCCCC(=O)O[C@H](COC(=O)CCCCCCCCCCCCCCCCCCCCC(C)C)COP(=O)(O)OC[C@@H](O)COP(=O)(O)OC[C@@H](COC(=O)CCCCCCCCCCCCCCC)OC(=O)CCCCCCCCCCCCCCC. The summed E-state index contributed by atoms with van der Waals surface area (Å²) in [4.78, 5) is 73.4. The lowest BCUT2D eigenvalue weighted by Gasteiger charge is -2.21. The van der Waals surface area contributed by atoms with E-state index in [1.807, 2.05) is 0 Å². The molecular weight excluding hydrogens is 1410 g/mol. The van der Waals surface area contributed by atoms with E-state index < -0.39 is 97.5 Å². The molecule has 0 radical (unpaired) electrons. The van der Waals surface area contributed by atoms with E-state index >= 15 is 0 Å². The van der Waals surface area contributed by atoms with E-state index in [2.05, 4.69) is 34.6 Å². The number of rotatable bonds is 90. The normalized spacial score (nSPS) is 13.7. The Balaban J connectivity index is 5.22. The number of hydrogen-bond donors (Lipinski definition) is 3. The van der Waals surface area contributed by atoms with Crippen LogP contribution in [0, 0.1) is 5.92 Å². The second kappa shape index (κ2) is 82.6. The van der Waals surface area contributed by atoms with Gasteiger partial charge in [-0.3, -0.25) is 37.3 Å². The van der Waals surface area contributed by atoms with Crippen molar-refractivity contribution in [1.82, 2.24) is 0 Å². The zero-order valence-corrected chi connectivity index (χ0v) is 73.5. The zero-order valence-electron chi connectivity index (χ0n) is 71.7. The summed E-state index contributed by atoms with van der Waals surface area (Å²) in [5.41, 5.74) is 0. The number of carbonyl (C=O) groups is 4. The number of esters is 4. The number of ether oxygens (including phenoxy) is 4. The first-order chi connectivity index (χ1) is 53.0. The summed E-state index contributed by atoms with van der Waals surface area (Å²) < 4.78 is 69.0. The largest absolute Gasteiger partial charge is 0.472 e. The van der Waals surface area contributed by atoms with Gasteiger partial charge >= 0.3 is 39.5 Å². The molecule has 0 saturated carbocycles. The summed E-state index contributed by atoms with van der Waals surface area (Å²) in [6.45, 7) is 7.43. The average Bonchev–Trinajstić information content (AvgIpc) is 0.900. The van der Waals surface area contributed by atoms with E-state index in [0.717, 1.165) is 95.8 Å². The third-order valence-corrected chi connectivity index (χ3v) is 23.2. The standard InChI is InChI=1S/C90H176O17P2/c1-6-9-12-15-18-21-24-27-28-29-30-31-32-33-38-41-46-51-56-61-66-71-76-90(95)107-86(80-101-88(93)74-69-64-59-54-49-45-40-37-35-34-36-39-44-47-52-57-62-67-72-83(4)5)82-105-109(98,99)103-78-84(91)77-102-108(96,97)104-81-85(106-89(94)75-70-65-60-55-50-43-26-23-20-17-14-11-8-3)79-100-87(92)73-68-63-58-53-48-42-25-22-19-16-13-10-7-2/h83-86,91H,6-82H2,1-5H3,(H,96,97)(H,98,99)/t84-,85+,86+/m0/s1. The van der Waals surface area contributed by atoms with Crippen LogP contribution in [0.15, 0.2) is 0 Å². The van der Waals surface area contributed by atoms with Crippen LogP contribution >= 0.6 is 15.6 Å². The van der Waals surface area contributed by atoms with E-state index in [-0.39, 0.29) is 25.7 Å². The van der Waals surface area contributed by atoms with Crippen LogP contribution < -0.4 is 0 Å². The number of unbranched alkanes of at least 4 members (excludes halogenated alkanes) is 62. The third kappa shape index (κ3) is 83.8. The predicted molar refractivity (Wildman–Crippen MR) is 451 cm³/mol. The van der Waals surface area contributed by atoms with Gasteiger partial charge in [0, 0.05) is 25.7 Å². The first kappa shape index (κ1) is 107. The quantitative estimate of drug-likeness (QED) is 0.0222. The molecular formula is C90H176O17P2. The van der Waals surface area contributed by atoms with Gasteiger partial charge in [-0.05, 0) is 31.6 Å². The van der Waals surface area contributed by atoms with Crippen molar-refractivity contribution < 1.29 is 80.2 Å². The molecule has 0 bridgehead atoms. The van der Waals surface area contributed by atoms with Crippen LogP contribution in [0.25, 0.3) is 0 Å². The van der Waals surface area contributed by atoms with E-state index in [4.69, 9.17) is 37.0 Å². The van der Waals surface area contributed by atoms with Gasteiger partial charge in [-0.15, -0.1) is 0 Å². The number of aliphatic hydroxyl groups is 1. The van der Waals surface area contributed by atoms with Crippen molar-refractivity contribution in [2.45, 2.75) is 509 Å². The lowest BCUT2D eigenvalue weighted by molar-refractivity contribution is -0.161.